The van der Waals surface area contributed by atoms with E-state index in [1.54, 1.807) is 0 Å². The molecule has 0 spiro atoms. The molecule has 192 valence electrons. The molecule has 0 N–H and O–H groups in total. The van der Waals surface area contributed by atoms with E-state index in [0.29, 0.717) is 0 Å². The molecule has 1 aliphatic heterocycles. The minimum Gasteiger partial charge on any atom is -0.344 e. The number of benzene rings is 6. The van der Waals surface area contributed by atoms with Crippen molar-refractivity contribution in [2.45, 2.75) is 13.8 Å². The van der Waals surface area contributed by atoms with Gasteiger partial charge in [0.15, 0.2) is 0 Å². The summed E-state index contributed by atoms with van der Waals surface area (Å²) in [4.78, 5) is 2.37. The zero-order valence-electron chi connectivity index (χ0n) is 23.3. The zero-order valence-corrected chi connectivity index (χ0v) is 23.3. The van der Waals surface area contributed by atoms with Gasteiger partial charge in [0.25, 0.3) is 0 Å². The number of rotatable bonds is 2. The van der Waals surface area contributed by atoms with Crippen LogP contribution in [0.4, 0.5) is 11.4 Å². The topological polar surface area (TPSA) is 8.17 Å². The van der Waals surface area contributed by atoms with Gasteiger partial charge >= 0.3 is 0 Å². The Morgan fingerprint density at radius 2 is 1.07 bits per heavy atom. The van der Waals surface area contributed by atoms with Crippen molar-refractivity contribution >= 4 is 44.0 Å². The van der Waals surface area contributed by atoms with Crippen molar-refractivity contribution in [2.75, 3.05) is 11.9 Å². The second-order valence-electron chi connectivity index (χ2n) is 11.3. The molecule has 0 atom stereocenters. The maximum Gasteiger partial charge on any atom is 0.0501 e. The summed E-state index contributed by atoms with van der Waals surface area (Å²) in [6.45, 7) is 4.28. The van der Waals surface area contributed by atoms with E-state index in [2.05, 4.69) is 147 Å². The second-order valence-corrected chi connectivity index (χ2v) is 11.3. The van der Waals surface area contributed by atoms with Gasteiger partial charge in [-0.15, -0.1) is 0 Å². The average molecular weight is 515 g/mol. The Kier molecular flexibility index (Phi) is 4.82. The minimum absolute atomic E-state index is 1.25. The molecule has 2 heterocycles. The highest BCUT2D eigenvalue weighted by atomic mass is 15.1. The summed E-state index contributed by atoms with van der Waals surface area (Å²) in [5.41, 5.74) is 15.2. The fourth-order valence-corrected chi connectivity index (χ4v) is 6.66. The first-order chi connectivity index (χ1) is 19.5. The highest BCUT2D eigenvalue weighted by Gasteiger charge is 2.25. The molecule has 0 aliphatic carbocycles. The van der Waals surface area contributed by atoms with Gasteiger partial charge in [0.05, 0.1) is 5.52 Å². The Bertz CT molecular complexity index is 2130. The van der Waals surface area contributed by atoms with Gasteiger partial charge in [0.1, 0.15) is 0 Å². The van der Waals surface area contributed by atoms with Gasteiger partial charge in [-0.2, -0.15) is 0 Å². The van der Waals surface area contributed by atoms with E-state index >= 15 is 0 Å². The summed E-state index contributed by atoms with van der Waals surface area (Å²) in [6, 6.07) is 40.7. The van der Waals surface area contributed by atoms with Crippen molar-refractivity contribution in [3.05, 3.63) is 120 Å². The van der Waals surface area contributed by atoms with Gasteiger partial charge in [-0.1, -0.05) is 96.1 Å². The molecule has 2 nitrogen and oxygen atoms in total. The highest BCUT2D eigenvalue weighted by molar-refractivity contribution is 6.27. The molecule has 0 bridgehead atoms. The lowest BCUT2D eigenvalue weighted by molar-refractivity contribution is 1.01. The molecule has 0 radical (unpaired) electrons. The van der Waals surface area contributed by atoms with E-state index in [9.17, 15) is 0 Å². The third-order valence-electron chi connectivity index (χ3n) is 8.89. The quantitative estimate of drug-likeness (QED) is 0.223. The molecule has 0 unspecified atom stereocenters. The maximum atomic E-state index is 2.42. The van der Waals surface area contributed by atoms with E-state index in [4.69, 9.17) is 0 Å². The molecule has 1 aliphatic rings. The van der Waals surface area contributed by atoms with Crippen molar-refractivity contribution in [1.29, 1.82) is 0 Å². The van der Waals surface area contributed by atoms with Crippen LogP contribution in [0.3, 0.4) is 0 Å². The van der Waals surface area contributed by atoms with E-state index in [-0.39, 0.29) is 0 Å². The summed E-state index contributed by atoms with van der Waals surface area (Å²) in [5, 5.41) is 5.30. The first-order valence-electron chi connectivity index (χ1n) is 14.0. The van der Waals surface area contributed by atoms with Gasteiger partial charge in [-0.3, -0.25) is 0 Å². The molecule has 0 fully saturated rings. The number of hydrogen-bond donors (Lipinski definition) is 0. The molecular weight excluding hydrogens is 484 g/mol. The van der Waals surface area contributed by atoms with Crippen LogP contribution in [0.1, 0.15) is 11.1 Å². The van der Waals surface area contributed by atoms with Crippen LogP contribution in [0.25, 0.3) is 66.0 Å². The number of fused-ring (bicyclic) bond motifs is 6. The fraction of sp³-hybridized carbons (Fsp3) is 0.105. The van der Waals surface area contributed by atoms with Gasteiger partial charge in [0.2, 0.25) is 0 Å². The molecule has 6 aromatic carbocycles. The lowest BCUT2D eigenvalue weighted by Gasteiger charge is -2.31. The maximum absolute atomic E-state index is 2.42. The van der Waals surface area contributed by atoms with E-state index in [1.165, 1.54) is 88.5 Å². The molecule has 2 heteroatoms. The van der Waals surface area contributed by atoms with Crippen LogP contribution in [-0.2, 0) is 7.05 Å². The van der Waals surface area contributed by atoms with Gasteiger partial charge in [0, 0.05) is 52.7 Å². The van der Waals surface area contributed by atoms with E-state index in [1.807, 2.05) is 0 Å². The molecule has 7 aromatic rings. The largest absolute Gasteiger partial charge is 0.344 e. The second kappa shape index (κ2) is 8.34. The Morgan fingerprint density at radius 1 is 0.450 bits per heavy atom. The lowest BCUT2D eigenvalue weighted by Crippen LogP contribution is -2.15. The van der Waals surface area contributed by atoms with Gasteiger partial charge in [-0.05, 0) is 71.3 Å². The van der Waals surface area contributed by atoms with Crippen LogP contribution in [0, 0.1) is 13.8 Å². The van der Waals surface area contributed by atoms with Crippen LogP contribution in [0.15, 0.2) is 109 Å². The Balaban J connectivity index is 1.39. The number of hydrogen-bond acceptors (Lipinski definition) is 1. The first-order valence-corrected chi connectivity index (χ1v) is 14.0. The average Bonchev–Trinajstić information content (AvgIpc) is 3.27. The smallest absolute Gasteiger partial charge is 0.0501 e. The Hall–Kier alpha value is -4.82. The predicted molar refractivity (Wildman–Crippen MR) is 172 cm³/mol. The zero-order chi connectivity index (χ0) is 27.1. The fourth-order valence-electron chi connectivity index (χ4n) is 6.66. The van der Waals surface area contributed by atoms with Crippen molar-refractivity contribution in [1.82, 2.24) is 4.57 Å². The van der Waals surface area contributed by atoms with E-state index < -0.39 is 0 Å². The van der Waals surface area contributed by atoms with Crippen molar-refractivity contribution < 1.29 is 0 Å². The van der Waals surface area contributed by atoms with Gasteiger partial charge in [-0.25, -0.2) is 0 Å². The molecule has 8 rings (SSSR count). The molecule has 0 saturated heterocycles. The number of anilines is 2. The Morgan fingerprint density at radius 3 is 1.77 bits per heavy atom. The molecule has 1 aromatic heterocycles. The third-order valence-corrected chi connectivity index (χ3v) is 8.89. The highest BCUT2D eigenvalue weighted by Crippen LogP contribution is 2.51. The number of aryl methyl sites for hydroxylation is 3. The SMILES string of the molecule is Cc1ccc(-c2ccc3c(c2)N(C)c2cccc4c2c-3cc2c4c3ccc(-c4ccc(C)cc4)cc3n2C)cc1. The monoisotopic (exact) mass is 514 g/mol. The molecule has 40 heavy (non-hydrogen) atoms. The van der Waals surface area contributed by atoms with Crippen molar-refractivity contribution in [3.63, 3.8) is 0 Å². The van der Waals surface area contributed by atoms with E-state index in [0.717, 1.165) is 0 Å². The van der Waals surface area contributed by atoms with Crippen LogP contribution in [0.2, 0.25) is 0 Å². The Labute approximate surface area is 234 Å². The summed E-state index contributed by atoms with van der Waals surface area (Å²) in [7, 11) is 4.42. The van der Waals surface area contributed by atoms with Crippen LogP contribution >= 0.6 is 0 Å². The normalized spacial score (nSPS) is 12.4. The van der Waals surface area contributed by atoms with Crippen molar-refractivity contribution in [3.8, 4) is 33.4 Å². The molecule has 0 amide bonds. The first kappa shape index (κ1) is 23.1. The lowest BCUT2D eigenvalue weighted by atomic mass is 9.88. The van der Waals surface area contributed by atoms with Gasteiger partial charge < -0.3 is 9.47 Å². The minimum atomic E-state index is 1.25. The standard InChI is InChI=1S/C38H30N2/c1-23-8-12-25(13-9-23)27-16-18-29-32-22-36-37(31-6-5-7-33(38(31)32)39(3)34(29)20-27)30-19-17-28(21-35(30)40(36)4)26-14-10-24(2)11-15-26/h5-22H,1-4H3. The molecular formula is C38H30N2. The number of aromatic nitrogens is 1. The van der Waals surface area contributed by atoms with Crippen molar-refractivity contribution in [2.24, 2.45) is 7.05 Å². The predicted octanol–water partition coefficient (Wildman–Crippen LogP) is 10.2. The summed E-state index contributed by atoms with van der Waals surface area (Å²) in [6.07, 6.45) is 0. The van der Waals surface area contributed by atoms with Crippen LogP contribution in [-0.4, -0.2) is 11.6 Å². The summed E-state index contributed by atoms with van der Waals surface area (Å²) < 4.78 is 2.38. The third kappa shape index (κ3) is 3.23. The molecule has 0 saturated carbocycles. The van der Waals surface area contributed by atoms with Crippen LogP contribution in [0.5, 0.6) is 0 Å². The van der Waals surface area contributed by atoms with Crippen LogP contribution < -0.4 is 4.90 Å². The summed E-state index contributed by atoms with van der Waals surface area (Å²) in [5.74, 6) is 0. The summed E-state index contributed by atoms with van der Waals surface area (Å²) >= 11 is 0. The number of nitrogens with zero attached hydrogens (tertiary/aromatic N) is 2.